The monoisotopic (exact) mass is 214 g/mol. The largest absolute Gasteiger partial charge is 0.0955 e. The second-order valence-electron chi connectivity index (χ2n) is 4.36. The van der Waals surface area contributed by atoms with Crippen LogP contribution < -0.4 is 0 Å². The lowest BCUT2D eigenvalue weighted by atomic mass is 9.95. The molecule has 0 unspecified atom stereocenters. The first kappa shape index (κ1) is 12.8. The van der Waals surface area contributed by atoms with E-state index in [1.165, 1.54) is 29.5 Å². The molecule has 0 bridgehead atoms. The zero-order valence-electron chi connectivity index (χ0n) is 10.7. The average molecular weight is 214 g/mol. The van der Waals surface area contributed by atoms with Crippen molar-refractivity contribution >= 4 is 5.57 Å². The van der Waals surface area contributed by atoms with Gasteiger partial charge in [-0.3, -0.25) is 0 Å². The molecule has 0 aromatic heterocycles. The fourth-order valence-corrected chi connectivity index (χ4v) is 1.84. The Hall–Kier alpha value is -1.30. The number of benzene rings is 1. The average Bonchev–Trinajstić information content (AvgIpc) is 2.25. The van der Waals surface area contributed by atoms with E-state index in [0.29, 0.717) is 0 Å². The van der Waals surface area contributed by atoms with E-state index in [-0.39, 0.29) is 0 Å². The lowest BCUT2D eigenvalue weighted by Gasteiger charge is -2.10. The molecular weight excluding hydrogens is 192 g/mol. The number of hydrogen-bond acceptors (Lipinski definition) is 0. The van der Waals surface area contributed by atoms with Crippen LogP contribution in [0.15, 0.2) is 42.5 Å². The maximum Gasteiger partial charge on any atom is -0.0155 e. The zero-order chi connectivity index (χ0) is 12.0. The van der Waals surface area contributed by atoms with Crippen LogP contribution in [0, 0.1) is 6.92 Å². The highest BCUT2D eigenvalue weighted by molar-refractivity contribution is 5.79. The Kier molecular flexibility index (Phi) is 5.04. The van der Waals surface area contributed by atoms with E-state index in [0.717, 1.165) is 12.0 Å². The van der Waals surface area contributed by atoms with E-state index in [4.69, 9.17) is 0 Å². The molecule has 0 nitrogen and oxygen atoms in total. The van der Waals surface area contributed by atoms with Crippen LogP contribution in [0.5, 0.6) is 0 Å². The number of aryl methyl sites for hydroxylation is 1. The molecular formula is C16H22. The minimum Gasteiger partial charge on any atom is -0.0955 e. The lowest BCUT2D eigenvalue weighted by molar-refractivity contribution is 0.815. The Morgan fingerprint density at radius 2 is 2.00 bits per heavy atom. The third kappa shape index (κ3) is 3.37. The Balaban J connectivity index is 2.99. The summed E-state index contributed by atoms with van der Waals surface area (Å²) in [4.78, 5) is 0. The summed E-state index contributed by atoms with van der Waals surface area (Å²) in [5.41, 5.74) is 5.12. The van der Waals surface area contributed by atoms with Crippen LogP contribution in [0.4, 0.5) is 0 Å². The van der Waals surface area contributed by atoms with Crippen LogP contribution >= 0.6 is 0 Å². The van der Waals surface area contributed by atoms with Gasteiger partial charge >= 0.3 is 0 Å². The maximum absolute atomic E-state index is 4.08. The van der Waals surface area contributed by atoms with Crippen LogP contribution in [0.3, 0.4) is 0 Å². The second kappa shape index (κ2) is 6.32. The minimum absolute atomic E-state index is 1.15. The van der Waals surface area contributed by atoms with Gasteiger partial charge in [-0.15, -0.1) is 0 Å². The van der Waals surface area contributed by atoms with Crippen molar-refractivity contribution in [1.29, 1.82) is 0 Å². The highest BCUT2D eigenvalue weighted by Gasteiger charge is 2.04. The van der Waals surface area contributed by atoms with E-state index in [9.17, 15) is 0 Å². The molecule has 16 heavy (non-hydrogen) atoms. The molecule has 0 saturated carbocycles. The van der Waals surface area contributed by atoms with Gasteiger partial charge in [0.2, 0.25) is 0 Å². The summed E-state index contributed by atoms with van der Waals surface area (Å²) in [5, 5.41) is 0. The fourth-order valence-electron chi connectivity index (χ4n) is 1.84. The van der Waals surface area contributed by atoms with Crippen molar-refractivity contribution in [3.63, 3.8) is 0 Å². The molecule has 0 atom stereocenters. The zero-order valence-corrected chi connectivity index (χ0v) is 10.7. The van der Waals surface area contributed by atoms with Crippen LogP contribution in [0.1, 0.15) is 44.2 Å². The molecule has 1 rings (SSSR count). The standard InChI is InChI=1S/C16H22/c1-5-6-7-11-15(13(2)3)16-12-9-8-10-14(16)4/h8-12H,2,5-7H2,1,3-4H3/b15-11-. The first-order chi connectivity index (χ1) is 7.66. The number of unbranched alkanes of at least 4 members (excludes halogenated alkanes) is 2. The highest BCUT2D eigenvalue weighted by Crippen LogP contribution is 2.25. The lowest BCUT2D eigenvalue weighted by Crippen LogP contribution is -1.90. The van der Waals surface area contributed by atoms with E-state index < -0.39 is 0 Å². The van der Waals surface area contributed by atoms with Crippen molar-refractivity contribution in [2.75, 3.05) is 0 Å². The molecule has 1 aromatic carbocycles. The van der Waals surface area contributed by atoms with Gasteiger partial charge in [0.15, 0.2) is 0 Å². The van der Waals surface area contributed by atoms with Crippen molar-refractivity contribution in [2.45, 2.75) is 40.0 Å². The Bertz CT molecular complexity index is 383. The van der Waals surface area contributed by atoms with Gasteiger partial charge in [0, 0.05) is 0 Å². The van der Waals surface area contributed by atoms with E-state index >= 15 is 0 Å². The predicted molar refractivity (Wildman–Crippen MR) is 73.5 cm³/mol. The Morgan fingerprint density at radius 1 is 1.31 bits per heavy atom. The van der Waals surface area contributed by atoms with Crippen molar-refractivity contribution in [3.05, 3.63) is 53.6 Å². The first-order valence-electron chi connectivity index (χ1n) is 6.08. The molecule has 86 valence electrons. The Labute approximate surface area is 99.7 Å². The quantitative estimate of drug-likeness (QED) is 0.470. The molecule has 0 heteroatoms. The van der Waals surface area contributed by atoms with Crippen molar-refractivity contribution in [3.8, 4) is 0 Å². The van der Waals surface area contributed by atoms with Crippen LogP contribution in [0.2, 0.25) is 0 Å². The SMILES string of the molecule is C=C(C)/C(=C/CCCC)c1ccccc1C. The summed E-state index contributed by atoms with van der Waals surface area (Å²) in [6, 6.07) is 8.52. The topological polar surface area (TPSA) is 0 Å². The van der Waals surface area contributed by atoms with Gasteiger partial charge in [-0.2, -0.15) is 0 Å². The Morgan fingerprint density at radius 3 is 2.56 bits per heavy atom. The second-order valence-corrected chi connectivity index (χ2v) is 4.36. The summed E-state index contributed by atoms with van der Waals surface area (Å²) in [5.74, 6) is 0. The summed E-state index contributed by atoms with van der Waals surface area (Å²) < 4.78 is 0. The van der Waals surface area contributed by atoms with Crippen LogP contribution in [0.25, 0.3) is 5.57 Å². The van der Waals surface area contributed by atoms with Crippen molar-refractivity contribution in [2.24, 2.45) is 0 Å². The normalized spacial score (nSPS) is 11.6. The van der Waals surface area contributed by atoms with Gasteiger partial charge in [-0.05, 0) is 37.0 Å². The number of allylic oxidation sites excluding steroid dienone is 3. The molecule has 0 heterocycles. The van der Waals surface area contributed by atoms with E-state index in [1.807, 2.05) is 0 Å². The fraction of sp³-hybridized carbons (Fsp3) is 0.375. The molecule has 1 aromatic rings. The first-order valence-corrected chi connectivity index (χ1v) is 6.08. The van der Waals surface area contributed by atoms with Gasteiger partial charge in [-0.25, -0.2) is 0 Å². The third-order valence-electron chi connectivity index (χ3n) is 2.80. The molecule has 0 aliphatic carbocycles. The van der Waals surface area contributed by atoms with Gasteiger partial charge in [0.1, 0.15) is 0 Å². The minimum atomic E-state index is 1.15. The molecule has 0 saturated heterocycles. The predicted octanol–water partition coefficient (Wildman–Crippen LogP) is 5.14. The van der Waals surface area contributed by atoms with Crippen LogP contribution in [-0.4, -0.2) is 0 Å². The summed E-state index contributed by atoms with van der Waals surface area (Å²) in [6.07, 6.45) is 5.97. The van der Waals surface area contributed by atoms with Crippen LogP contribution in [-0.2, 0) is 0 Å². The number of hydrogen-bond donors (Lipinski definition) is 0. The van der Waals surface area contributed by atoms with Crippen molar-refractivity contribution < 1.29 is 0 Å². The van der Waals surface area contributed by atoms with Gasteiger partial charge in [0.05, 0.1) is 0 Å². The van der Waals surface area contributed by atoms with Gasteiger partial charge in [-0.1, -0.05) is 62.3 Å². The molecule has 0 aliphatic rings. The molecule has 0 aliphatic heterocycles. The summed E-state index contributed by atoms with van der Waals surface area (Å²) in [7, 11) is 0. The molecule has 0 N–H and O–H groups in total. The van der Waals surface area contributed by atoms with Gasteiger partial charge < -0.3 is 0 Å². The van der Waals surface area contributed by atoms with E-state index in [2.05, 4.69) is 57.7 Å². The molecule has 0 amide bonds. The summed E-state index contributed by atoms with van der Waals surface area (Å²) >= 11 is 0. The maximum atomic E-state index is 4.08. The smallest absolute Gasteiger partial charge is 0.0155 e. The van der Waals surface area contributed by atoms with Gasteiger partial charge in [0.25, 0.3) is 0 Å². The van der Waals surface area contributed by atoms with Crippen molar-refractivity contribution in [1.82, 2.24) is 0 Å². The molecule has 0 radical (unpaired) electrons. The molecule has 0 fully saturated rings. The number of rotatable bonds is 5. The third-order valence-corrected chi connectivity index (χ3v) is 2.80. The molecule has 0 spiro atoms. The highest BCUT2D eigenvalue weighted by atomic mass is 14.1. The van der Waals surface area contributed by atoms with E-state index in [1.54, 1.807) is 0 Å². The summed E-state index contributed by atoms with van der Waals surface area (Å²) in [6.45, 7) is 10.6.